The van der Waals surface area contributed by atoms with E-state index in [-0.39, 0.29) is 12.0 Å². The first kappa shape index (κ1) is 10.3. The minimum Gasteiger partial charge on any atom is -0.478 e. The summed E-state index contributed by atoms with van der Waals surface area (Å²) in [4.78, 5) is 4.66. The van der Waals surface area contributed by atoms with Gasteiger partial charge in [-0.2, -0.15) is 0 Å². The lowest BCUT2D eigenvalue weighted by Crippen LogP contribution is -2.10. The standard InChI is InChI=1S/C15H15NO/c1-2-6-12(7-3-1)10-14-11-17-15(16-14)13-8-4-5-9-13/h1-9,13-14H,10-11H2/t14-/m0/s1. The molecule has 1 heterocycles. The van der Waals surface area contributed by atoms with Gasteiger partial charge in [0.1, 0.15) is 6.61 Å². The number of benzene rings is 1. The molecule has 0 N–H and O–H groups in total. The highest BCUT2D eigenvalue weighted by molar-refractivity contribution is 5.84. The molecule has 0 fully saturated rings. The number of aliphatic imine (C=N–C) groups is 1. The van der Waals surface area contributed by atoms with E-state index in [9.17, 15) is 0 Å². The Morgan fingerprint density at radius 1 is 1.12 bits per heavy atom. The molecule has 0 saturated carbocycles. The number of rotatable bonds is 3. The number of nitrogens with zero attached hydrogens (tertiary/aromatic N) is 1. The summed E-state index contributed by atoms with van der Waals surface area (Å²) in [6.45, 7) is 0.711. The zero-order valence-corrected chi connectivity index (χ0v) is 9.62. The van der Waals surface area contributed by atoms with Crippen molar-refractivity contribution in [3.05, 3.63) is 60.2 Å². The van der Waals surface area contributed by atoms with Crippen molar-refractivity contribution in [3.8, 4) is 0 Å². The molecular weight excluding hydrogens is 210 g/mol. The highest BCUT2D eigenvalue weighted by Crippen LogP contribution is 2.19. The molecule has 0 saturated heterocycles. The lowest BCUT2D eigenvalue weighted by Gasteiger charge is -2.04. The number of hydrogen-bond acceptors (Lipinski definition) is 2. The lowest BCUT2D eigenvalue weighted by molar-refractivity contribution is 0.306. The molecule has 0 bridgehead atoms. The van der Waals surface area contributed by atoms with E-state index in [1.165, 1.54) is 5.56 Å². The Balaban J connectivity index is 1.67. The van der Waals surface area contributed by atoms with Crippen molar-refractivity contribution in [1.82, 2.24) is 0 Å². The monoisotopic (exact) mass is 225 g/mol. The predicted molar refractivity (Wildman–Crippen MR) is 69.1 cm³/mol. The highest BCUT2D eigenvalue weighted by atomic mass is 16.5. The molecule has 86 valence electrons. The van der Waals surface area contributed by atoms with Gasteiger partial charge in [0, 0.05) is 0 Å². The minimum absolute atomic E-state index is 0.260. The molecule has 3 rings (SSSR count). The van der Waals surface area contributed by atoms with Crippen molar-refractivity contribution in [2.75, 3.05) is 6.61 Å². The largest absolute Gasteiger partial charge is 0.478 e. The Hall–Kier alpha value is -1.83. The second-order valence-corrected chi connectivity index (χ2v) is 4.42. The van der Waals surface area contributed by atoms with Crippen LogP contribution in [0.15, 0.2) is 59.6 Å². The van der Waals surface area contributed by atoms with Crippen molar-refractivity contribution in [2.45, 2.75) is 12.5 Å². The van der Waals surface area contributed by atoms with Crippen LogP contribution in [0.1, 0.15) is 5.56 Å². The summed E-state index contributed by atoms with van der Waals surface area (Å²) in [5, 5.41) is 0. The Labute approximate surface area is 101 Å². The average molecular weight is 225 g/mol. The van der Waals surface area contributed by atoms with Gasteiger partial charge in [0.05, 0.1) is 12.0 Å². The van der Waals surface area contributed by atoms with Crippen LogP contribution in [0.25, 0.3) is 0 Å². The number of hydrogen-bond donors (Lipinski definition) is 0. The molecule has 2 nitrogen and oxygen atoms in total. The molecule has 1 aliphatic heterocycles. The Morgan fingerprint density at radius 2 is 1.88 bits per heavy atom. The van der Waals surface area contributed by atoms with Crippen LogP contribution in [0.4, 0.5) is 0 Å². The maximum Gasteiger partial charge on any atom is 0.194 e. The maximum absolute atomic E-state index is 5.67. The van der Waals surface area contributed by atoms with E-state index in [1.807, 2.05) is 18.2 Å². The SMILES string of the molecule is C1=CC(C2=N[C@@H](Cc3ccccc3)CO2)C=C1. The van der Waals surface area contributed by atoms with E-state index in [0.29, 0.717) is 6.61 Å². The van der Waals surface area contributed by atoms with Crippen LogP contribution in [0.5, 0.6) is 0 Å². The van der Waals surface area contributed by atoms with Crippen LogP contribution in [-0.4, -0.2) is 18.5 Å². The minimum atomic E-state index is 0.260. The third kappa shape index (κ3) is 2.31. The second-order valence-electron chi connectivity index (χ2n) is 4.42. The van der Waals surface area contributed by atoms with Crippen molar-refractivity contribution in [2.24, 2.45) is 10.9 Å². The van der Waals surface area contributed by atoms with Gasteiger partial charge in [-0.1, -0.05) is 54.6 Å². The van der Waals surface area contributed by atoms with Crippen LogP contribution in [0.3, 0.4) is 0 Å². The van der Waals surface area contributed by atoms with Crippen LogP contribution in [0.2, 0.25) is 0 Å². The molecule has 0 aromatic heterocycles. The predicted octanol–water partition coefficient (Wildman–Crippen LogP) is 2.77. The Kier molecular flexibility index (Phi) is 2.78. The first-order valence-corrected chi connectivity index (χ1v) is 6.01. The van der Waals surface area contributed by atoms with E-state index in [1.54, 1.807) is 0 Å². The van der Waals surface area contributed by atoms with Crippen LogP contribution < -0.4 is 0 Å². The summed E-state index contributed by atoms with van der Waals surface area (Å²) in [5.74, 6) is 1.13. The van der Waals surface area contributed by atoms with Gasteiger partial charge >= 0.3 is 0 Å². The van der Waals surface area contributed by atoms with Crippen molar-refractivity contribution >= 4 is 5.90 Å². The van der Waals surface area contributed by atoms with Gasteiger partial charge in [0.2, 0.25) is 0 Å². The van der Waals surface area contributed by atoms with Crippen molar-refractivity contribution in [1.29, 1.82) is 0 Å². The third-order valence-electron chi connectivity index (χ3n) is 3.08. The van der Waals surface area contributed by atoms with Gasteiger partial charge in [-0.15, -0.1) is 0 Å². The van der Waals surface area contributed by atoms with E-state index in [4.69, 9.17) is 4.74 Å². The quantitative estimate of drug-likeness (QED) is 0.775. The average Bonchev–Trinajstić information content (AvgIpc) is 3.00. The van der Waals surface area contributed by atoms with Gasteiger partial charge < -0.3 is 4.74 Å². The molecular formula is C15H15NO. The molecule has 1 aromatic rings. The van der Waals surface area contributed by atoms with E-state index in [2.05, 4.69) is 41.4 Å². The fourth-order valence-electron chi connectivity index (χ4n) is 2.21. The van der Waals surface area contributed by atoms with Gasteiger partial charge in [-0.3, -0.25) is 0 Å². The molecule has 2 heteroatoms. The molecule has 1 aliphatic carbocycles. The summed E-state index contributed by atoms with van der Waals surface area (Å²) >= 11 is 0. The summed E-state index contributed by atoms with van der Waals surface area (Å²) in [7, 11) is 0. The fourth-order valence-corrected chi connectivity index (χ4v) is 2.21. The van der Waals surface area contributed by atoms with Crippen LogP contribution >= 0.6 is 0 Å². The van der Waals surface area contributed by atoms with E-state index >= 15 is 0 Å². The first-order chi connectivity index (χ1) is 8.42. The smallest absolute Gasteiger partial charge is 0.194 e. The molecule has 2 aliphatic rings. The summed E-state index contributed by atoms with van der Waals surface area (Å²) in [6, 6.07) is 10.7. The van der Waals surface area contributed by atoms with Crippen molar-refractivity contribution in [3.63, 3.8) is 0 Å². The fraction of sp³-hybridized carbons (Fsp3) is 0.267. The van der Waals surface area contributed by atoms with Gasteiger partial charge in [-0.25, -0.2) is 4.99 Å². The zero-order valence-electron chi connectivity index (χ0n) is 9.62. The topological polar surface area (TPSA) is 21.6 Å². The summed E-state index contributed by atoms with van der Waals surface area (Å²) in [5.41, 5.74) is 1.32. The molecule has 1 aromatic carbocycles. The maximum atomic E-state index is 5.67. The first-order valence-electron chi connectivity index (χ1n) is 6.01. The van der Waals surface area contributed by atoms with Gasteiger partial charge in [0.15, 0.2) is 5.90 Å². The van der Waals surface area contributed by atoms with Crippen LogP contribution in [-0.2, 0) is 11.2 Å². The summed E-state index contributed by atoms with van der Waals surface area (Å²) < 4.78 is 5.67. The van der Waals surface area contributed by atoms with E-state index in [0.717, 1.165) is 12.3 Å². The van der Waals surface area contributed by atoms with Gasteiger partial charge in [0.25, 0.3) is 0 Å². The Bertz CT molecular complexity index is 461. The lowest BCUT2D eigenvalue weighted by atomic mass is 10.1. The van der Waals surface area contributed by atoms with E-state index < -0.39 is 0 Å². The molecule has 1 atom stereocenters. The van der Waals surface area contributed by atoms with Crippen LogP contribution in [0, 0.1) is 5.92 Å². The molecule has 0 unspecified atom stereocenters. The van der Waals surface area contributed by atoms with Gasteiger partial charge in [-0.05, 0) is 12.0 Å². The number of ether oxygens (including phenoxy) is 1. The number of allylic oxidation sites excluding steroid dienone is 2. The summed E-state index contributed by atoms with van der Waals surface area (Å²) in [6.07, 6.45) is 9.28. The molecule has 0 spiro atoms. The molecule has 17 heavy (non-hydrogen) atoms. The third-order valence-corrected chi connectivity index (χ3v) is 3.08. The normalized spacial score (nSPS) is 22.8. The zero-order chi connectivity index (χ0) is 11.5. The second kappa shape index (κ2) is 4.58. The molecule has 0 radical (unpaired) electrons. The highest BCUT2D eigenvalue weighted by Gasteiger charge is 2.23. The molecule has 0 amide bonds. The Morgan fingerprint density at radius 3 is 2.65 bits per heavy atom. The van der Waals surface area contributed by atoms with Crippen molar-refractivity contribution < 1.29 is 4.74 Å².